The zero-order chi connectivity index (χ0) is 12.8. The minimum atomic E-state index is -0.260. The van der Waals surface area contributed by atoms with E-state index in [1.165, 1.54) is 0 Å². The van der Waals surface area contributed by atoms with E-state index in [0.717, 1.165) is 0 Å². The van der Waals surface area contributed by atoms with Crippen LogP contribution in [0.15, 0.2) is 12.7 Å². The number of nitrogens with one attached hydrogen (secondary N) is 1. The highest BCUT2D eigenvalue weighted by molar-refractivity contribution is 5.81. The first-order chi connectivity index (χ1) is 7.31. The molecule has 0 aromatic carbocycles. The molecule has 0 aromatic heterocycles. The third kappa shape index (κ3) is 5.88. The van der Waals surface area contributed by atoms with Gasteiger partial charge in [0.15, 0.2) is 0 Å². The quantitative estimate of drug-likeness (QED) is 0.660. The lowest BCUT2D eigenvalue weighted by Crippen LogP contribution is -2.51. The highest BCUT2D eigenvalue weighted by Gasteiger charge is 2.23. The molecule has 4 heteroatoms. The maximum absolute atomic E-state index is 11.9. The maximum Gasteiger partial charge on any atom is 0.237 e. The number of carbonyl (C=O) groups is 1. The van der Waals surface area contributed by atoms with Crippen molar-refractivity contribution in [3.63, 3.8) is 0 Å². The van der Waals surface area contributed by atoms with Crippen molar-refractivity contribution in [3.8, 4) is 0 Å². The van der Waals surface area contributed by atoms with Gasteiger partial charge in [-0.2, -0.15) is 0 Å². The van der Waals surface area contributed by atoms with Crippen molar-refractivity contribution in [3.05, 3.63) is 12.7 Å². The second-order valence-electron chi connectivity index (χ2n) is 4.92. The molecule has 0 heterocycles. The zero-order valence-corrected chi connectivity index (χ0v) is 10.8. The lowest BCUT2D eigenvalue weighted by Gasteiger charge is -2.29. The predicted molar refractivity (Wildman–Crippen MR) is 66.2 cm³/mol. The predicted octanol–water partition coefficient (Wildman–Crippen LogP) is 0.770. The molecule has 0 aromatic rings. The fraction of sp³-hybridized carbons (Fsp3) is 0.750. The fourth-order valence-corrected chi connectivity index (χ4v) is 1.38. The fourth-order valence-electron chi connectivity index (χ4n) is 1.38. The van der Waals surface area contributed by atoms with Crippen LogP contribution in [0.2, 0.25) is 0 Å². The molecule has 0 radical (unpaired) electrons. The normalized spacial score (nSPS) is 13.6. The van der Waals surface area contributed by atoms with Gasteiger partial charge in [0.25, 0.3) is 0 Å². The largest absolute Gasteiger partial charge is 0.395 e. The Hall–Kier alpha value is -0.870. The van der Waals surface area contributed by atoms with Crippen molar-refractivity contribution in [1.82, 2.24) is 10.2 Å². The second-order valence-corrected chi connectivity index (χ2v) is 4.92. The molecule has 1 atom stereocenters. The van der Waals surface area contributed by atoms with E-state index < -0.39 is 0 Å². The molecule has 0 bridgehead atoms. The second kappa shape index (κ2) is 6.66. The van der Waals surface area contributed by atoms with Gasteiger partial charge >= 0.3 is 0 Å². The summed E-state index contributed by atoms with van der Waals surface area (Å²) >= 11 is 0. The van der Waals surface area contributed by atoms with Crippen LogP contribution in [0.1, 0.15) is 27.7 Å². The number of rotatable bonds is 6. The first-order valence-electron chi connectivity index (χ1n) is 5.59. The van der Waals surface area contributed by atoms with Gasteiger partial charge in [-0.15, -0.1) is 6.58 Å². The third-order valence-corrected chi connectivity index (χ3v) is 2.18. The lowest BCUT2D eigenvalue weighted by atomic mass is 10.1. The monoisotopic (exact) mass is 228 g/mol. The molecule has 0 rings (SSSR count). The third-order valence-electron chi connectivity index (χ3n) is 2.18. The summed E-state index contributed by atoms with van der Waals surface area (Å²) in [7, 11) is 0. The van der Waals surface area contributed by atoms with Gasteiger partial charge in [-0.3, -0.25) is 9.69 Å². The van der Waals surface area contributed by atoms with Gasteiger partial charge in [0, 0.05) is 18.6 Å². The van der Waals surface area contributed by atoms with Gasteiger partial charge in [-0.05, 0) is 27.7 Å². The lowest BCUT2D eigenvalue weighted by molar-refractivity contribution is -0.127. The van der Waals surface area contributed by atoms with Crippen molar-refractivity contribution in [2.24, 2.45) is 0 Å². The number of aliphatic hydroxyl groups is 1. The summed E-state index contributed by atoms with van der Waals surface area (Å²) in [5.41, 5.74) is -0.232. The van der Waals surface area contributed by atoms with Crippen molar-refractivity contribution >= 4 is 5.91 Å². The van der Waals surface area contributed by atoms with Crippen LogP contribution in [-0.2, 0) is 4.79 Å². The highest BCUT2D eigenvalue weighted by Crippen LogP contribution is 2.04. The molecule has 0 aliphatic carbocycles. The van der Waals surface area contributed by atoms with Crippen LogP contribution in [-0.4, -0.2) is 47.2 Å². The molecular formula is C12H24N2O2. The summed E-state index contributed by atoms with van der Waals surface area (Å²) in [6.07, 6.45) is 1.73. The molecule has 1 unspecified atom stereocenters. The molecule has 0 fully saturated rings. The van der Waals surface area contributed by atoms with Gasteiger partial charge in [-0.1, -0.05) is 6.08 Å². The number of carbonyl (C=O) groups excluding carboxylic acids is 1. The number of hydrogen-bond acceptors (Lipinski definition) is 3. The Labute approximate surface area is 98.3 Å². The molecule has 0 aliphatic rings. The van der Waals surface area contributed by atoms with E-state index in [0.29, 0.717) is 13.1 Å². The van der Waals surface area contributed by atoms with Crippen LogP contribution in [0.5, 0.6) is 0 Å². The van der Waals surface area contributed by atoms with E-state index in [4.69, 9.17) is 5.11 Å². The molecular weight excluding hydrogens is 204 g/mol. The molecule has 0 spiro atoms. The summed E-state index contributed by atoms with van der Waals surface area (Å²) in [6.45, 7) is 12.4. The van der Waals surface area contributed by atoms with E-state index in [1.807, 2.05) is 32.6 Å². The van der Waals surface area contributed by atoms with Crippen LogP contribution < -0.4 is 5.32 Å². The van der Waals surface area contributed by atoms with Gasteiger partial charge in [-0.25, -0.2) is 0 Å². The number of nitrogens with zero attached hydrogens (tertiary/aromatic N) is 1. The molecule has 4 nitrogen and oxygen atoms in total. The minimum absolute atomic E-state index is 0.0252. The summed E-state index contributed by atoms with van der Waals surface area (Å²) in [6, 6.07) is -0.260. The summed E-state index contributed by atoms with van der Waals surface area (Å²) in [5, 5.41) is 11.8. The van der Waals surface area contributed by atoms with E-state index in [2.05, 4.69) is 11.9 Å². The van der Waals surface area contributed by atoms with Gasteiger partial charge < -0.3 is 10.4 Å². The molecule has 0 saturated heterocycles. The van der Waals surface area contributed by atoms with Gasteiger partial charge in [0.1, 0.15) is 0 Å². The zero-order valence-electron chi connectivity index (χ0n) is 10.8. The van der Waals surface area contributed by atoms with E-state index in [-0.39, 0.29) is 24.1 Å². The Balaban J connectivity index is 4.41. The summed E-state index contributed by atoms with van der Waals surface area (Å²) in [5.74, 6) is -0.0252. The van der Waals surface area contributed by atoms with Crippen LogP contribution in [0.4, 0.5) is 0 Å². The minimum Gasteiger partial charge on any atom is -0.395 e. The average Bonchev–Trinajstić information content (AvgIpc) is 2.13. The molecule has 16 heavy (non-hydrogen) atoms. The summed E-state index contributed by atoms with van der Waals surface area (Å²) in [4.78, 5) is 13.8. The Morgan fingerprint density at radius 1 is 1.56 bits per heavy atom. The van der Waals surface area contributed by atoms with Crippen molar-refractivity contribution in [1.29, 1.82) is 0 Å². The van der Waals surface area contributed by atoms with E-state index in [1.54, 1.807) is 6.08 Å². The Kier molecular flexibility index (Phi) is 6.29. The molecule has 1 amide bonds. The number of hydrogen-bond donors (Lipinski definition) is 2. The van der Waals surface area contributed by atoms with E-state index in [9.17, 15) is 4.79 Å². The standard InChI is InChI=1S/C12H24N2O2/c1-6-7-14(8-9-15)10(2)11(16)13-12(3,4)5/h6,10,15H,1,7-9H2,2-5H3,(H,13,16). The molecule has 2 N–H and O–H groups in total. The Bertz CT molecular complexity index is 234. The van der Waals surface area contributed by atoms with Crippen LogP contribution in [0.3, 0.4) is 0 Å². The number of amides is 1. The van der Waals surface area contributed by atoms with E-state index >= 15 is 0 Å². The van der Waals surface area contributed by atoms with Crippen molar-refractivity contribution in [2.45, 2.75) is 39.3 Å². The SMILES string of the molecule is C=CCN(CCO)C(C)C(=O)NC(C)(C)C. The van der Waals surface area contributed by atoms with Crippen LogP contribution in [0, 0.1) is 0 Å². The first-order valence-corrected chi connectivity index (χ1v) is 5.59. The maximum atomic E-state index is 11.9. The van der Waals surface area contributed by atoms with Crippen LogP contribution >= 0.6 is 0 Å². The van der Waals surface area contributed by atoms with Gasteiger partial charge in [0.05, 0.1) is 12.6 Å². The van der Waals surface area contributed by atoms with Gasteiger partial charge in [0.2, 0.25) is 5.91 Å². The van der Waals surface area contributed by atoms with Crippen LogP contribution in [0.25, 0.3) is 0 Å². The highest BCUT2D eigenvalue weighted by atomic mass is 16.3. The Morgan fingerprint density at radius 3 is 2.50 bits per heavy atom. The summed E-state index contributed by atoms with van der Waals surface area (Å²) < 4.78 is 0. The molecule has 94 valence electrons. The van der Waals surface area contributed by atoms with Crippen molar-refractivity contribution in [2.75, 3.05) is 19.7 Å². The van der Waals surface area contributed by atoms with Crippen molar-refractivity contribution < 1.29 is 9.90 Å². The first kappa shape index (κ1) is 15.1. The smallest absolute Gasteiger partial charge is 0.237 e. The molecule has 0 saturated carbocycles. The molecule has 0 aliphatic heterocycles. The average molecular weight is 228 g/mol. The number of aliphatic hydroxyl groups excluding tert-OH is 1. The Morgan fingerprint density at radius 2 is 2.12 bits per heavy atom. The topological polar surface area (TPSA) is 52.6 Å².